The van der Waals surface area contributed by atoms with Gasteiger partial charge in [0.05, 0.1) is 16.3 Å². The zero-order valence-corrected chi connectivity index (χ0v) is 11.8. The zero-order chi connectivity index (χ0) is 13.1. The van der Waals surface area contributed by atoms with Gasteiger partial charge in [-0.05, 0) is 41.1 Å². The van der Waals surface area contributed by atoms with E-state index in [-0.39, 0.29) is 5.91 Å². The van der Waals surface area contributed by atoms with Gasteiger partial charge in [-0.1, -0.05) is 11.6 Å². The summed E-state index contributed by atoms with van der Waals surface area (Å²) in [5.41, 5.74) is 1.68. The molecule has 0 aromatic carbocycles. The molecule has 0 aliphatic heterocycles. The number of hydrogen-bond acceptors (Lipinski definition) is 3. The van der Waals surface area contributed by atoms with Gasteiger partial charge in [-0.3, -0.25) is 9.78 Å². The molecule has 0 radical (unpaired) electrons. The molecule has 1 N–H and O–H groups in total. The normalized spacial score (nSPS) is 10.2. The summed E-state index contributed by atoms with van der Waals surface area (Å²) in [6.07, 6.45) is 3.08. The van der Waals surface area contributed by atoms with Gasteiger partial charge < -0.3 is 5.32 Å². The van der Waals surface area contributed by atoms with E-state index in [9.17, 15) is 4.79 Å². The Balaban J connectivity index is 2.25. The molecule has 0 saturated carbocycles. The van der Waals surface area contributed by atoms with Gasteiger partial charge in [-0.15, -0.1) is 0 Å². The van der Waals surface area contributed by atoms with Gasteiger partial charge in [-0.2, -0.15) is 0 Å². The van der Waals surface area contributed by atoms with Crippen LogP contribution in [0.4, 0.5) is 5.69 Å². The summed E-state index contributed by atoms with van der Waals surface area (Å²) in [6.45, 7) is 1.81. The zero-order valence-electron chi connectivity index (χ0n) is 9.45. The van der Waals surface area contributed by atoms with Gasteiger partial charge in [0.25, 0.3) is 5.91 Å². The molecule has 0 unspecified atom stereocenters. The van der Waals surface area contributed by atoms with Gasteiger partial charge in [-0.25, -0.2) is 4.98 Å². The topological polar surface area (TPSA) is 54.9 Å². The number of carbonyl (C=O) groups is 1. The summed E-state index contributed by atoms with van der Waals surface area (Å²) in [7, 11) is 0. The molecular weight excluding hydrogens is 318 g/mol. The fourth-order valence-corrected chi connectivity index (χ4v) is 2.00. The van der Waals surface area contributed by atoms with Gasteiger partial charge in [0, 0.05) is 18.1 Å². The highest BCUT2D eigenvalue weighted by Crippen LogP contribution is 2.21. The molecule has 6 heteroatoms. The highest BCUT2D eigenvalue weighted by atomic mass is 79.9. The Morgan fingerprint density at radius 2 is 2.22 bits per heavy atom. The molecule has 18 heavy (non-hydrogen) atoms. The number of aromatic nitrogens is 2. The second-order valence-electron chi connectivity index (χ2n) is 3.60. The van der Waals surface area contributed by atoms with Crippen LogP contribution >= 0.6 is 27.5 Å². The predicted octanol–water partition coefficient (Wildman–Crippen LogP) is 3.45. The first-order chi connectivity index (χ1) is 8.58. The molecule has 0 fully saturated rings. The number of pyridine rings is 2. The van der Waals surface area contributed by atoms with E-state index >= 15 is 0 Å². The maximum Gasteiger partial charge on any atom is 0.258 e. The number of amides is 1. The third kappa shape index (κ3) is 2.86. The molecular formula is C12H9BrClN3O. The van der Waals surface area contributed by atoms with Crippen molar-refractivity contribution in [3.8, 4) is 0 Å². The van der Waals surface area contributed by atoms with Crippen LogP contribution in [0.1, 0.15) is 16.1 Å². The van der Waals surface area contributed by atoms with E-state index in [1.165, 1.54) is 6.20 Å². The van der Waals surface area contributed by atoms with E-state index in [4.69, 9.17) is 11.6 Å². The second kappa shape index (κ2) is 5.46. The lowest BCUT2D eigenvalue weighted by Gasteiger charge is -2.07. The first-order valence-corrected chi connectivity index (χ1v) is 6.29. The predicted molar refractivity (Wildman–Crippen MR) is 73.9 cm³/mol. The highest BCUT2D eigenvalue weighted by molar-refractivity contribution is 9.10. The Hall–Kier alpha value is -1.46. The minimum Gasteiger partial charge on any atom is -0.320 e. The van der Waals surface area contributed by atoms with E-state index in [0.29, 0.717) is 20.9 Å². The summed E-state index contributed by atoms with van der Waals surface area (Å²) >= 11 is 9.26. The van der Waals surface area contributed by atoms with Crippen molar-refractivity contribution < 1.29 is 4.79 Å². The van der Waals surface area contributed by atoms with E-state index in [0.717, 1.165) is 5.69 Å². The molecule has 0 aliphatic rings. The lowest BCUT2D eigenvalue weighted by atomic mass is 10.2. The van der Waals surface area contributed by atoms with Crippen LogP contribution in [-0.4, -0.2) is 15.9 Å². The maximum atomic E-state index is 12.0. The Bertz CT molecular complexity index is 604. The number of hydrogen-bond donors (Lipinski definition) is 1. The molecule has 2 aromatic heterocycles. The lowest BCUT2D eigenvalue weighted by Crippen LogP contribution is -2.13. The highest BCUT2D eigenvalue weighted by Gasteiger charge is 2.12. The monoisotopic (exact) mass is 325 g/mol. The summed E-state index contributed by atoms with van der Waals surface area (Å²) < 4.78 is 0.564. The molecule has 92 valence electrons. The maximum absolute atomic E-state index is 12.0. The van der Waals surface area contributed by atoms with Crippen molar-refractivity contribution in [3.63, 3.8) is 0 Å². The van der Waals surface area contributed by atoms with Crippen LogP contribution in [0.25, 0.3) is 0 Å². The molecule has 0 spiro atoms. The Kier molecular flexibility index (Phi) is 3.93. The standard InChI is InChI=1S/C12H9BrClN3O/c1-7-5-9(14)8(6-16-7)12(18)17-10-3-2-4-15-11(10)13/h2-6H,1H3,(H,17,18). The minimum absolute atomic E-state index is 0.318. The second-order valence-corrected chi connectivity index (χ2v) is 4.76. The van der Waals surface area contributed by atoms with Crippen molar-refractivity contribution >= 4 is 39.1 Å². The van der Waals surface area contributed by atoms with E-state index < -0.39 is 0 Å². The smallest absolute Gasteiger partial charge is 0.258 e. The molecule has 2 heterocycles. The van der Waals surface area contributed by atoms with Gasteiger partial charge in [0.1, 0.15) is 4.60 Å². The van der Waals surface area contributed by atoms with Crippen LogP contribution in [0.5, 0.6) is 0 Å². The van der Waals surface area contributed by atoms with Gasteiger partial charge in [0.2, 0.25) is 0 Å². The van der Waals surface area contributed by atoms with Crippen molar-refractivity contribution in [1.29, 1.82) is 0 Å². The van der Waals surface area contributed by atoms with Crippen LogP contribution in [0.2, 0.25) is 5.02 Å². The van der Waals surface area contributed by atoms with Crippen LogP contribution in [0.15, 0.2) is 35.2 Å². The molecule has 2 aromatic rings. The molecule has 0 aliphatic carbocycles. The fraction of sp³-hybridized carbons (Fsp3) is 0.0833. The molecule has 2 rings (SSSR count). The van der Waals surface area contributed by atoms with Gasteiger partial charge in [0.15, 0.2) is 0 Å². The summed E-state index contributed by atoms with van der Waals surface area (Å²) in [6, 6.07) is 5.12. The molecule has 0 bridgehead atoms. The van der Waals surface area contributed by atoms with E-state index in [2.05, 4.69) is 31.2 Å². The Morgan fingerprint density at radius 3 is 2.89 bits per heavy atom. The number of carbonyl (C=O) groups excluding carboxylic acids is 1. The average Bonchev–Trinajstić information content (AvgIpc) is 2.32. The lowest BCUT2D eigenvalue weighted by molar-refractivity contribution is 0.102. The van der Waals surface area contributed by atoms with Crippen molar-refractivity contribution in [2.45, 2.75) is 6.92 Å². The number of nitrogens with one attached hydrogen (secondary N) is 1. The molecule has 0 saturated heterocycles. The quantitative estimate of drug-likeness (QED) is 0.860. The SMILES string of the molecule is Cc1cc(Cl)c(C(=O)Nc2cccnc2Br)cn1. The Morgan fingerprint density at radius 1 is 1.44 bits per heavy atom. The summed E-state index contributed by atoms with van der Waals surface area (Å²) in [4.78, 5) is 20.1. The average molecular weight is 327 g/mol. The first-order valence-electron chi connectivity index (χ1n) is 5.12. The van der Waals surface area contributed by atoms with Crippen molar-refractivity contribution in [2.24, 2.45) is 0 Å². The number of rotatable bonds is 2. The van der Waals surface area contributed by atoms with Crippen molar-refractivity contribution in [2.75, 3.05) is 5.32 Å². The number of aryl methyl sites for hydroxylation is 1. The summed E-state index contributed by atoms with van der Waals surface area (Å²) in [5.74, 6) is -0.318. The third-order valence-electron chi connectivity index (χ3n) is 2.24. The van der Waals surface area contributed by atoms with Crippen LogP contribution < -0.4 is 5.32 Å². The van der Waals surface area contributed by atoms with Crippen LogP contribution in [0, 0.1) is 6.92 Å². The fourth-order valence-electron chi connectivity index (χ4n) is 1.36. The number of halogens is 2. The molecule has 1 amide bonds. The largest absolute Gasteiger partial charge is 0.320 e. The minimum atomic E-state index is -0.318. The molecule has 0 atom stereocenters. The Labute approximate surface area is 118 Å². The van der Waals surface area contributed by atoms with Gasteiger partial charge >= 0.3 is 0 Å². The summed E-state index contributed by atoms with van der Waals surface area (Å²) in [5, 5.41) is 3.09. The van der Waals surface area contributed by atoms with E-state index in [1.807, 2.05) is 6.92 Å². The van der Waals surface area contributed by atoms with Crippen LogP contribution in [-0.2, 0) is 0 Å². The third-order valence-corrected chi connectivity index (χ3v) is 3.19. The van der Waals surface area contributed by atoms with E-state index in [1.54, 1.807) is 24.4 Å². The first kappa shape index (κ1) is 13.0. The molecule has 4 nitrogen and oxygen atoms in total. The number of nitrogens with zero attached hydrogens (tertiary/aromatic N) is 2. The number of anilines is 1. The van der Waals surface area contributed by atoms with Crippen molar-refractivity contribution in [3.05, 3.63) is 51.5 Å². The van der Waals surface area contributed by atoms with Crippen LogP contribution in [0.3, 0.4) is 0 Å². The van der Waals surface area contributed by atoms with Crippen molar-refractivity contribution in [1.82, 2.24) is 9.97 Å².